The molecule has 2 fully saturated rings. The third-order valence-electron chi connectivity index (χ3n) is 4.46. The lowest BCUT2D eigenvalue weighted by Gasteiger charge is -2.40. The van der Waals surface area contributed by atoms with E-state index in [9.17, 15) is 27.2 Å². The maximum atomic E-state index is 13.4. The number of carbonyl (C=O) groups is 2. The quantitative estimate of drug-likeness (QED) is 0.797. The van der Waals surface area contributed by atoms with Gasteiger partial charge in [-0.05, 0) is 12.8 Å². The summed E-state index contributed by atoms with van der Waals surface area (Å²) in [5.41, 5.74) is -2.55. The average Bonchev–Trinajstić information content (AvgIpc) is 2.79. The minimum absolute atomic E-state index is 0.260. The van der Waals surface area contributed by atoms with Crippen molar-refractivity contribution in [3.8, 4) is 0 Å². The summed E-state index contributed by atoms with van der Waals surface area (Å²) in [6.07, 6.45) is -6.37. The molecule has 1 heterocycles. The van der Waals surface area contributed by atoms with Gasteiger partial charge in [0.05, 0.1) is 6.54 Å². The molecule has 120 valence electrons. The summed E-state index contributed by atoms with van der Waals surface area (Å²) in [6, 6.07) is -1.51. The Morgan fingerprint density at radius 3 is 2.19 bits per heavy atom. The first-order valence-electron chi connectivity index (χ1n) is 6.94. The van der Waals surface area contributed by atoms with Crippen LogP contribution in [-0.2, 0) is 9.59 Å². The number of hydrogen-bond acceptors (Lipinski definition) is 2. The second kappa shape index (κ2) is 5.46. The van der Waals surface area contributed by atoms with Gasteiger partial charge in [0.15, 0.2) is 0 Å². The molecule has 0 bridgehead atoms. The third-order valence-corrected chi connectivity index (χ3v) is 4.46. The fraction of sp³-hybridized carbons (Fsp3) is 0.846. The SMILES string of the molecule is O=C(O)[C@@H]1C[C@@H](F)CN1C(=O)C1(C(F)(F)F)CCCCC1. The Balaban J connectivity index is 2.32. The van der Waals surface area contributed by atoms with Gasteiger partial charge in [-0.15, -0.1) is 0 Å². The maximum absolute atomic E-state index is 13.4. The van der Waals surface area contributed by atoms with Gasteiger partial charge in [-0.3, -0.25) is 4.79 Å². The molecule has 2 aliphatic rings. The molecule has 0 aromatic heterocycles. The highest BCUT2D eigenvalue weighted by Gasteiger charge is 2.62. The molecule has 0 aromatic carbocycles. The molecule has 1 N–H and O–H groups in total. The van der Waals surface area contributed by atoms with Gasteiger partial charge in [-0.2, -0.15) is 13.2 Å². The van der Waals surface area contributed by atoms with Crippen LogP contribution < -0.4 is 0 Å². The molecular formula is C13H17F4NO3. The van der Waals surface area contributed by atoms with Gasteiger partial charge in [0, 0.05) is 6.42 Å². The van der Waals surface area contributed by atoms with Crippen molar-refractivity contribution in [2.75, 3.05) is 6.54 Å². The van der Waals surface area contributed by atoms with E-state index in [4.69, 9.17) is 5.11 Å². The maximum Gasteiger partial charge on any atom is 0.403 e. The van der Waals surface area contributed by atoms with Crippen LogP contribution in [0.1, 0.15) is 38.5 Å². The van der Waals surface area contributed by atoms with Crippen molar-refractivity contribution in [2.45, 2.75) is 56.9 Å². The van der Waals surface area contributed by atoms with Gasteiger partial charge >= 0.3 is 12.1 Å². The molecule has 4 nitrogen and oxygen atoms in total. The van der Waals surface area contributed by atoms with E-state index in [0.29, 0.717) is 11.3 Å². The van der Waals surface area contributed by atoms with Crippen molar-refractivity contribution in [1.29, 1.82) is 0 Å². The minimum atomic E-state index is -4.75. The Morgan fingerprint density at radius 1 is 1.14 bits per heavy atom. The van der Waals surface area contributed by atoms with E-state index in [0.717, 1.165) is 0 Å². The average molecular weight is 311 g/mol. The number of nitrogens with zero attached hydrogens (tertiary/aromatic N) is 1. The van der Waals surface area contributed by atoms with Crippen LogP contribution >= 0.6 is 0 Å². The largest absolute Gasteiger partial charge is 0.480 e. The van der Waals surface area contributed by atoms with Crippen LogP contribution in [0.5, 0.6) is 0 Å². The summed E-state index contributed by atoms with van der Waals surface area (Å²) in [7, 11) is 0. The van der Waals surface area contributed by atoms with Gasteiger partial charge in [0.1, 0.15) is 17.6 Å². The first-order valence-corrected chi connectivity index (χ1v) is 6.94. The molecule has 0 unspecified atom stereocenters. The summed E-state index contributed by atoms with van der Waals surface area (Å²) >= 11 is 0. The Hall–Kier alpha value is -1.34. The van der Waals surface area contributed by atoms with Crippen molar-refractivity contribution in [2.24, 2.45) is 5.41 Å². The first-order chi connectivity index (χ1) is 9.69. The Bertz CT molecular complexity index is 432. The number of rotatable bonds is 2. The molecule has 1 saturated carbocycles. The number of carbonyl (C=O) groups excluding carboxylic acids is 1. The molecule has 1 amide bonds. The van der Waals surface area contributed by atoms with Crippen LogP contribution in [0.15, 0.2) is 0 Å². The van der Waals surface area contributed by atoms with Crippen molar-refractivity contribution in [1.82, 2.24) is 4.90 Å². The van der Waals surface area contributed by atoms with E-state index in [-0.39, 0.29) is 25.7 Å². The molecule has 21 heavy (non-hydrogen) atoms. The smallest absolute Gasteiger partial charge is 0.403 e. The van der Waals surface area contributed by atoms with Crippen molar-refractivity contribution >= 4 is 11.9 Å². The molecule has 1 saturated heterocycles. The third kappa shape index (κ3) is 2.72. The number of likely N-dealkylation sites (tertiary alicyclic amines) is 1. The predicted molar refractivity (Wildman–Crippen MR) is 64.2 cm³/mol. The zero-order valence-corrected chi connectivity index (χ0v) is 11.3. The van der Waals surface area contributed by atoms with Gasteiger partial charge < -0.3 is 10.0 Å². The van der Waals surface area contributed by atoms with E-state index in [1.807, 2.05) is 0 Å². The molecule has 1 aliphatic heterocycles. The molecule has 0 radical (unpaired) electrons. The number of amides is 1. The molecule has 0 spiro atoms. The number of alkyl halides is 4. The summed E-state index contributed by atoms with van der Waals surface area (Å²) in [5, 5.41) is 8.99. The van der Waals surface area contributed by atoms with Crippen LogP contribution in [0.3, 0.4) is 0 Å². The normalized spacial score (nSPS) is 29.4. The molecular weight excluding hydrogens is 294 g/mol. The molecule has 2 rings (SSSR count). The molecule has 8 heteroatoms. The predicted octanol–water partition coefficient (Wildman–Crippen LogP) is 2.52. The van der Waals surface area contributed by atoms with Crippen LogP contribution in [-0.4, -0.2) is 46.8 Å². The Kier molecular flexibility index (Phi) is 4.17. The van der Waals surface area contributed by atoms with Gasteiger partial charge in [0.25, 0.3) is 0 Å². The number of carboxylic acid groups (broad SMARTS) is 1. The molecule has 2 atom stereocenters. The highest BCUT2D eigenvalue weighted by atomic mass is 19.4. The van der Waals surface area contributed by atoms with Gasteiger partial charge in [0.2, 0.25) is 5.91 Å². The minimum Gasteiger partial charge on any atom is -0.480 e. The van der Waals surface area contributed by atoms with E-state index < -0.39 is 48.6 Å². The monoisotopic (exact) mass is 311 g/mol. The van der Waals surface area contributed by atoms with E-state index in [2.05, 4.69) is 0 Å². The second-order valence-electron chi connectivity index (χ2n) is 5.79. The van der Waals surface area contributed by atoms with Crippen LogP contribution in [0.25, 0.3) is 0 Å². The Morgan fingerprint density at radius 2 is 1.71 bits per heavy atom. The lowest BCUT2D eigenvalue weighted by atomic mass is 9.72. The fourth-order valence-electron chi connectivity index (χ4n) is 3.29. The van der Waals surface area contributed by atoms with Crippen LogP contribution in [0.4, 0.5) is 17.6 Å². The van der Waals surface area contributed by atoms with E-state index >= 15 is 0 Å². The van der Waals surface area contributed by atoms with Gasteiger partial charge in [-0.25, -0.2) is 9.18 Å². The van der Waals surface area contributed by atoms with E-state index in [1.54, 1.807) is 0 Å². The topological polar surface area (TPSA) is 57.6 Å². The standard InChI is InChI=1S/C13H17F4NO3/c14-8-6-9(10(19)20)18(7-8)11(21)12(13(15,16)17)4-2-1-3-5-12/h8-9H,1-7H2,(H,19,20)/t8-,9+/m1/s1. The molecule has 1 aliphatic carbocycles. The van der Waals surface area contributed by atoms with Crippen molar-refractivity contribution in [3.05, 3.63) is 0 Å². The number of carboxylic acids is 1. The molecule has 0 aromatic rings. The number of halogens is 4. The summed E-state index contributed by atoms with van der Waals surface area (Å²) < 4.78 is 53.7. The lowest BCUT2D eigenvalue weighted by Crippen LogP contribution is -2.55. The van der Waals surface area contributed by atoms with Crippen molar-refractivity contribution in [3.63, 3.8) is 0 Å². The van der Waals surface area contributed by atoms with Gasteiger partial charge in [-0.1, -0.05) is 19.3 Å². The fourth-order valence-corrected chi connectivity index (χ4v) is 3.29. The summed E-state index contributed by atoms with van der Waals surface area (Å²) in [6.45, 7) is -0.576. The summed E-state index contributed by atoms with van der Waals surface area (Å²) in [4.78, 5) is 24.0. The zero-order chi connectivity index (χ0) is 15.8. The second-order valence-corrected chi connectivity index (χ2v) is 5.79. The number of aliphatic carboxylic acids is 1. The first kappa shape index (κ1) is 16.0. The van der Waals surface area contributed by atoms with Crippen LogP contribution in [0, 0.1) is 5.41 Å². The zero-order valence-electron chi connectivity index (χ0n) is 11.3. The lowest BCUT2D eigenvalue weighted by molar-refractivity contribution is -0.236. The highest BCUT2D eigenvalue weighted by Crippen LogP contribution is 2.50. The highest BCUT2D eigenvalue weighted by molar-refractivity contribution is 5.89. The number of hydrogen-bond donors (Lipinski definition) is 1. The Labute approximate surface area is 119 Å². The van der Waals surface area contributed by atoms with Crippen molar-refractivity contribution < 1.29 is 32.3 Å². The summed E-state index contributed by atoms with van der Waals surface area (Å²) in [5.74, 6) is -2.74. The van der Waals surface area contributed by atoms with E-state index in [1.165, 1.54) is 0 Å². The van der Waals surface area contributed by atoms with Crippen LogP contribution in [0.2, 0.25) is 0 Å².